The molecule has 0 fully saturated rings. The number of hydrogen-bond acceptors (Lipinski definition) is 4. The highest BCUT2D eigenvalue weighted by Crippen LogP contribution is 2.31. The van der Waals surface area contributed by atoms with E-state index < -0.39 is 5.97 Å². The maximum atomic E-state index is 13.6. The van der Waals surface area contributed by atoms with Crippen LogP contribution < -0.4 is 10.3 Å². The first kappa shape index (κ1) is 26.8. The van der Waals surface area contributed by atoms with Crippen LogP contribution in [0.15, 0.2) is 95.9 Å². The highest BCUT2D eigenvalue weighted by atomic mass is 19.1. The minimum Gasteiger partial charge on any atom is -0.482 e. The lowest BCUT2D eigenvalue weighted by Gasteiger charge is -2.20. The smallest absolute Gasteiger partial charge is 0.344 e. The number of rotatable bonds is 11. The number of aromatic nitrogens is 1. The highest BCUT2D eigenvalue weighted by molar-refractivity contribution is 5.71. The van der Waals surface area contributed by atoms with Crippen LogP contribution in [0.3, 0.4) is 0 Å². The molecule has 4 aromatic rings. The van der Waals surface area contributed by atoms with Gasteiger partial charge in [-0.2, -0.15) is 0 Å². The number of pyridine rings is 1. The quantitative estimate of drug-likeness (QED) is 0.233. The molecule has 5 nitrogen and oxygen atoms in total. The molecule has 0 aliphatic rings. The van der Waals surface area contributed by atoms with Crippen LogP contribution in [0.1, 0.15) is 41.5 Å². The van der Waals surface area contributed by atoms with E-state index >= 15 is 0 Å². The lowest BCUT2D eigenvalue weighted by molar-refractivity contribution is -0.145. The SMILES string of the molecule is CCOC(=O)COc1cccc(CCCn2cc(C(c3ccc(F)cc3)c3ccc(F)cc3)ccc2=O)c1. The van der Waals surface area contributed by atoms with Gasteiger partial charge < -0.3 is 14.0 Å². The maximum Gasteiger partial charge on any atom is 0.344 e. The Labute approximate surface area is 220 Å². The summed E-state index contributed by atoms with van der Waals surface area (Å²) in [6.07, 6.45) is 3.22. The van der Waals surface area contributed by atoms with Crippen molar-refractivity contribution in [1.29, 1.82) is 0 Å². The Morgan fingerprint density at radius 3 is 2.13 bits per heavy atom. The summed E-state index contributed by atoms with van der Waals surface area (Å²) in [7, 11) is 0. The second-order valence-electron chi connectivity index (χ2n) is 8.87. The van der Waals surface area contributed by atoms with Crippen LogP contribution in [0.25, 0.3) is 0 Å². The first-order valence-corrected chi connectivity index (χ1v) is 12.5. The number of hydrogen-bond donors (Lipinski definition) is 0. The number of carbonyl (C=O) groups excluding carboxylic acids is 1. The van der Waals surface area contributed by atoms with Crippen LogP contribution in [0.4, 0.5) is 8.78 Å². The van der Waals surface area contributed by atoms with Gasteiger partial charge in [-0.3, -0.25) is 4.79 Å². The van der Waals surface area contributed by atoms with Crippen molar-refractivity contribution < 1.29 is 23.0 Å². The van der Waals surface area contributed by atoms with Crippen LogP contribution >= 0.6 is 0 Å². The van der Waals surface area contributed by atoms with Crippen LogP contribution in [0.5, 0.6) is 5.75 Å². The molecule has 4 rings (SSSR count). The lowest BCUT2D eigenvalue weighted by atomic mass is 9.86. The van der Waals surface area contributed by atoms with Crippen molar-refractivity contribution in [2.45, 2.75) is 32.2 Å². The zero-order valence-corrected chi connectivity index (χ0v) is 21.1. The van der Waals surface area contributed by atoms with Crippen LogP contribution in [0.2, 0.25) is 0 Å². The molecular formula is C31H29F2NO4. The van der Waals surface area contributed by atoms with Crippen molar-refractivity contribution in [2.75, 3.05) is 13.2 Å². The minimum atomic E-state index is -0.420. The molecule has 196 valence electrons. The Morgan fingerprint density at radius 1 is 0.868 bits per heavy atom. The molecule has 7 heteroatoms. The zero-order chi connectivity index (χ0) is 26.9. The molecule has 0 atom stereocenters. The third-order valence-corrected chi connectivity index (χ3v) is 6.17. The van der Waals surface area contributed by atoms with Crippen LogP contribution in [-0.4, -0.2) is 23.8 Å². The van der Waals surface area contributed by atoms with Gasteiger partial charge >= 0.3 is 5.97 Å². The average molecular weight is 518 g/mol. The van der Waals surface area contributed by atoms with Crippen molar-refractivity contribution in [1.82, 2.24) is 4.57 Å². The van der Waals surface area contributed by atoms with E-state index in [1.165, 1.54) is 30.3 Å². The first-order valence-electron chi connectivity index (χ1n) is 12.5. The van der Waals surface area contributed by atoms with E-state index in [1.807, 2.05) is 24.4 Å². The first-order chi connectivity index (χ1) is 18.4. The summed E-state index contributed by atoms with van der Waals surface area (Å²) in [6, 6.07) is 23.2. The van der Waals surface area contributed by atoms with Gasteiger partial charge in [0.2, 0.25) is 0 Å². The predicted octanol–water partition coefficient (Wildman–Crippen LogP) is 5.88. The molecule has 3 aromatic carbocycles. The summed E-state index contributed by atoms with van der Waals surface area (Å²) in [6.45, 7) is 2.38. The lowest BCUT2D eigenvalue weighted by Crippen LogP contribution is -2.20. The summed E-state index contributed by atoms with van der Waals surface area (Å²) in [5.74, 6) is -0.817. The predicted molar refractivity (Wildman–Crippen MR) is 141 cm³/mol. The Hall–Kier alpha value is -4.26. The van der Waals surface area contributed by atoms with E-state index in [0.717, 1.165) is 22.3 Å². The number of nitrogens with zero attached hydrogens (tertiary/aromatic N) is 1. The van der Waals surface area contributed by atoms with E-state index in [-0.39, 0.29) is 29.7 Å². The fraction of sp³-hybridized carbons (Fsp3) is 0.226. The van der Waals surface area contributed by atoms with Gasteiger partial charge in [-0.15, -0.1) is 0 Å². The summed E-state index contributed by atoms with van der Waals surface area (Å²) in [5, 5.41) is 0. The zero-order valence-electron chi connectivity index (χ0n) is 21.1. The molecule has 0 aliphatic heterocycles. The van der Waals surface area contributed by atoms with Crippen molar-refractivity contribution in [3.8, 4) is 5.75 Å². The van der Waals surface area contributed by atoms with E-state index in [4.69, 9.17) is 9.47 Å². The Morgan fingerprint density at radius 2 is 1.50 bits per heavy atom. The van der Waals surface area contributed by atoms with Gasteiger partial charge in [0.25, 0.3) is 5.56 Å². The summed E-state index contributed by atoms with van der Waals surface area (Å²) in [4.78, 5) is 24.2. The molecule has 0 saturated heterocycles. The van der Waals surface area contributed by atoms with Gasteiger partial charge in [0.1, 0.15) is 17.4 Å². The second-order valence-corrected chi connectivity index (χ2v) is 8.87. The van der Waals surface area contributed by atoms with Gasteiger partial charge in [-0.05, 0) is 78.4 Å². The van der Waals surface area contributed by atoms with E-state index in [2.05, 4.69) is 0 Å². The number of esters is 1. The van der Waals surface area contributed by atoms with E-state index in [0.29, 0.717) is 31.7 Å². The van der Waals surface area contributed by atoms with E-state index in [1.54, 1.807) is 47.9 Å². The normalized spacial score (nSPS) is 10.9. The molecule has 0 saturated carbocycles. The standard InChI is InChI=1S/C31H29F2NO4/c1-2-37-30(36)21-38-28-7-3-5-22(19-28)6-4-18-34-20-25(12-17-29(34)35)31(23-8-13-26(32)14-9-23)24-10-15-27(33)16-11-24/h3,5,7-17,19-20,31H,2,4,6,18,21H2,1H3. The summed E-state index contributed by atoms with van der Waals surface area (Å²) in [5.41, 5.74) is 3.41. The van der Waals surface area contributed by atoms with Crippen molar-refractivity contribution in [3.05, 3.63) is 135 Å². The molecule has 0 spiro atoms. The largest absolute Gasteiger partial charge is 0.482 e. The van der Waals surface area contributed by atoms with Gasteiger partial charge in [0.05, 0.1) is 6.61 Å². The molecule has 0 aliphatic carbocycles. The van der Waals surface area contributed by atoms with Crippen LogP contribution in [-0.2, 0) is 22.5 Å². The fourth-order valence-electron chi connectivity index (χ4n) is 4.37. The highest BCUT2D eigenvalue weighted by Gasteiger charge is 2.18. The molecule has 1 heterocycles. The molecule has 0 N–H and O–H groups in total. The van der Waals surface area contributed by atoms with Gasteiger partial charge in [-0.1, -0.05) is 42.5 Å². The van der Waals surface area contributed by atoms with Gasteiger partial charge in [0.15, 0.2) is 6.61 Å². The van der Waals surface area contributed by atoms with Gasteiger partial charge in [-0.25, -0.2) is 13.6 Å². The topological polar surface area (TPSA) is 57.5 Å². The summed E-state index contributed by atoms with van der Waals surface area (Å²) >= 11 is 0. The van der Waals surface area contributed by atoms with Crippen molar-refractivity contribution >= 4 is 5.97 Å². The minimum absolute atomic E-state index is 0.128. The molecule has 1 aromatic heterocycles. The molecule has 0 amide bonds. The molecular weight excluding hydrogens is 488 g/mol. The van der Waals surface area contributed by atoms with Gasteiger partial charge in [0, 0.05) is 24.7 Å². The number of benzene rings is 3. The van der Waals surface area contributed by atoms with Crippen LogP contribution in [0, 0.1) is 11.6 Å². The third kappa shape index (κ3) is 7.16. The Bertz CT molecular complexity index is 1370. The number of aryl methyl sites for hydroxylation is 2. The Balaban J connectivity index is 1.49. The monoisotopic (exact) mass is 517 g/mol. The molecule has 38 heavy (non-hydrogen) atoms. The maximum absolute atomic E-state index is 13.6. The second kappa shape index (κ2) is 12.8. The van der Waals surface area contributed by atoms with Crippen molar-refractivity contribution in [2.24, 2.45) is 0 Å². The molecule has 0 bridgehead atoms. The number of ether oxygens (including phenoxy) is 2. The Kier molecular flexibility index (Phi) is 9.03. The number of carbonyl (C=O) groups is 1. The fourth-order valence-corrected chi connectivity index (χ4v) is 4.37. The average Bonchev–Trinajstić information content (AvgIpc) is 2.92. The van der Waals surface area contributed by atoms with Crippen molar-refractivity contribution in [3.63, 3.8) is 0 Å². The third-order valence-electron chi connectivity index (χ3n) is 6.17. The molecule has 0 unspecified atom stereocenters. The summed E-state index contributed by atoms with van der Waals surface area (Å²) < 4.78 is 39.3. The number of halogens is 2. The van der Waals surface area contributed by atoms with E-state index in [9.17, 15) is 18.4 Å². The molecule has 0 radical (unpaired) electrons.